The second kappa shape index (κ2) is 9.07. The summed E-state index contributed by atoms with van der Waals surface area (Å²) in [6.45, 7) is 3.96. The summed E-state index contributed by atoms with van der Waals surface area (Å²) < 4.78 is 1.76. The highest BCUT2D eigenvalue weighted by Crippen LogP contribution is 2.22. The van der Waals surface area contributed by atoms with Crippen LogP contribution in [-0.2, 0) is 24.7 Å². The highest BCUT2D eigenvalue weighted by molar-refractivity contribution is 5.87. The first-order chi connectivity index (χ1) is 16.0. The molecule has 4 aromatic rings. The topological polar surface area (TPSA) is 80.0 Å². The van der Waals surface area contributed by atoms with Crippen molar-refractivity contribution in [2.75, 3.05) is 38.1 Å². The number of nitrogens with zero attached hydrogens (tertiary/aromatic N) is 7. The number of hydrogen-bond acceptors (Lipinski definition) is 7. The van der Waals surface area contributed by atoms with Crippen LogP contribution in [0.4, 0.5) is 5.82 Å². The van der Waals surface area contributed by atoms with Crippen LogP contribution in [0.1, 0.15) is 11.3 Å². The number of hydrogen-bond donors (Lipinski definition) is 0. The Labute approximate surface area is 192 Å². The number of carbonyl (C=O) groups is 1. The van der Waals surface area contributed by atoms with Gasteiger partial charge in [0.1, 0.15) is 11.6 Å². The first kappa shape index (κ1) is 21.2. The van der Waals surface area contributed by atoms with Crippen LogP contribution in [0, 0.1) is 0 Å². The Hall–Kier alpha value is -3.65. The van der Waals surface area contributed by atoms with Crippen molar-refractivity contribution in [1.82, 2.24) is 29.6 Å². The van der Waals surface area contributed by atoms with E-state index in [9.17, 15) is 4.79 Å². The average Bonchev–Trinajstić information content (AvgIpc) is 3.25. The second-order valence-corrected chi connectivity index (χ2v) is 8.70. The smallest absolute Gasteiger partial charge is 0.143 e. The van der Waals surface area contributed by atoms with E-state index >= 15 is 0 Å². The minimum Gasteiger partial charge on any atom is -0.354 e. The van der Waals surface area contributed by atoms with E-state index in [-0.39, 0.29) is 5.78 Å². The standard InChI is InChI=1S/C25H27N7O/c1-30-5-7-32(8-6-30)25-10-18(3-4-26-25)9-23(33)13-22-11-19-12-24(21-16-29-31(2)17-21)28-15-20(19)14-27-22/h3-4,10-12,14-17H,5-9,13H2,1-2H3. The monoisotopic (exact) mass is 441 g/mol. The summed E-state index contributed by atoms with van der Waals surface area (Å²) in [5.74, 6) is 1.09. The molecule has 0 N–H and O–H groups in total. The van der Waals surface area contributed by atoms with E-state index in [4.69, 9.17) is 0 Å². The number of aromatic nitrogens is 5. The van der Waals surface area contributed by atoms with Gasteiger partial charge in [-0.25, -0.2) is 4.98 Å². The summed E-state index contributed by atoms with van der Waals surface area (Å²) >= 11 is 0. The molecule has 0 aromatic carbocycles. The number of rotatable bonds is 6. The molecule has 0 aliphatic carbocycles. The zero-order valence-electron chi connectivity index (χ0n) is 19.0. The number of fused-ring (bicyclic) bond motifs is 1. The Bertz CT molecular complexity index is 1290. The molecule has 0 atom stereocenters. The van der Waals surface area contributed by atoms with E-state index in [1.807, 2.05) is 43.7 Å². The van der Waals surface area contributed by atoms with Gasteiger partial charge in [0.25, 0.3) is 0 Å². The minimum absolute atomic E-state index is 0.138. The third-order valence-electron chi connectivity index (χ3n) is 6.08. The van der Waals surface area contributed by atoms with Crippen molar-refractivity contribution in [2.24, 2.45) is 7.05 Å². The lowest BCUT2D eigenvalue weighted by molar-refractivity contribution is -0.117. The van der Waals surface area contributed by atoms with Crippen molar-refractivity contribution in [3.63, 3.8) is 0 Å². The van der Waals surface area contributed by atoms with Crippen LogP contribution >= 0.6 is 0 Å². The van der Waals surface area contributed by atoms with Crippen LogP contribution in [0.25, 0.3) is 22.0 Å². The van der Waals surface area contributed by atoms with Gasteiger partial charge in [0.05, 0.1) is 11.9 Å². The molecule has 5 rings (SSSR count). The third-order valence-corrected chi connectivity index (χ3v) is 6.08. The van der Waals surface area contributed by atoms with E-state index < -0.39 is 0 Å². The number of pyridine rings is 3. The molecule has 4 aromatic heterocycles. The maximum atomic E-state index is 12.8. The largest absolute Gasteiger partial charge is 0.354 e. The fraction of sp³-hybridized carbons (Fsp3) is 0.320. The highest BCUT2D eigenvalue weighted by Gasteiger charge is 2.16. The zero-order valence-corrected chi connectivity index (χ0v) is 19.0. The Kier molecular flexibility index (Phi) is 5.83. The lowest BCUT2D eigenvalue weighted by Gasteiger charge is -2.33. The summed E-state index contributed by atoms with van der Waals surface area (Å²) in [7, 11) is 4.02. The molecule has 0 unspecified atom stereocenters. The molecule has 33 heavy (non-hydrogen) atoms. The molecule has 1 aliphatic heterocycles. The first-order valence-electron chi connectivity index (χ1n) is 11.2. The molecule has 5 heterocycles. The van der Waals surface area contributed by atoms with Crippen LogP contribution in [0.2, 0.25) is 0 Å². The number of aryl methyl sites for hydroxylation is 1. The van der Waals surface area contributed by atoms with E-state index in [1.165, 1.54) is 0 Å². The Morgan fingerprint density at radius 1 is 0.909 bits per heavy atom. The van der Waals surface area contributed by atoms with Gasteiger partial charge in [-0.15, -0.1) is 0 Å². The molecule has 168 valence electrons. The fourth-order valence-corrected chi connectivity index (χ4v) is 4.16. The van der Waals surface area contributed by atoms with Gasteiger partial charge in [-0.05, 0) is 42.3 Å². The molecule has 0 bridgehead atoms. The number of piperazine rings is 1. The van der Waals surface area contributed by atoms with Gasteiger partial charge in [-0.2, -0.15) is 5.10 Å². The third kappa shape index (κ3) is 4.90. The molecule has 1 saturated heterocycles. The predicted octanol–water partition coefficient (Wildman–Crippen LogP) is 2.53. The Morgan fingerprint density at radius 3 is 2.52 bits per heavy atom. The van der Waals surface area contributed by atoms with Gasteiger partial charge in [-0.1, -0.05) is 0 Å². The van der Waals surface area contributed by atoms with Crippen LogP contribution in [0.5, 0.6) is 0 Å². The van der Waals surface area contributed by atoms with Crippen molar-refractivity contribution < 1.29 is 4.79 Å². The molecule has 8 nitrogen and oxygen atoms in total. The minimum atomic E-state index is 0.138. The predicted molar refractivity (Wildman–Crippen MR) is 128 cm³/mol. The van der Waals surface area contributed by atoms with Crippen LogP contribution in [0.3, 0.4) is 0 Å². The molecule has 0 radical (unpaired) electrons. The summed E-state index contributed by atoms with van der Waals surface area (Å²) in [4.78, 5) is 31.0. The van der Waals surface area contributed by atoms with Crippen molar-refractivity contribution >= 4 is 22.4 Å². The summed E-state index contributed by atoms with van der Waals surface area (Å²) in [6.07, 6.45) is 9.81. The maximum Gasteiger partial charge on any atom is 0.143 e. The van der Waals surface area contributed by atoms with Crippen molar-refractivity contribution in [3.8, 4) is 11.3 Å². The maximum absolute atomic E-state index is 12.8. The number of anilines is 1. The molecule has 8 heteroatoms. The Balaban J connectivity index is 1.28. The number of ketones is 1. The number of Topliss-reactive ketones (excluding diaryl/α,β-unsaturated/α-hetero) is 1. The van der Waals surface area contributed by atoms with Gasteiger partial charge in [-0.3, -0.25) is 19.4 Å². The van der Waals surface area contributed by atoms with Gasteiger partial charge >= 0.3 is 0 Å². The summed E-state index contributed by atoms with van der Waals surface area (Å²) in [5.41, 5.74) is 3.58. The Morgan fingerprint density at radius 2 is 1.73 bits per heavy atom. The van der Waals surface area contributed by atoms with Gasteiger partial charge in [0.2, 0.25) is 0 Å². The molecule has 1 fully saturated rings. The van der Waals surface area contributed by atoms with Crippen LogP contribution in [0.15, 0.2) is 55.2 Å². The van der Waals surface area contributed by atoms with Crippen molar-refractivity contribution in [3.05, 3.63) is 66.5 Å². The normalized spacial score (nSPS) is 14.7. The van der Waals surface area contributed by atoms with Crippen molar-refractivity contribution in [1.29, 1.82) is 0 Å². The molecule has 0 amide bonds. The lowest BCUT2D eigenvalue weighted by atomic mass is 10.0. The van der Waals surface area contributed by atoms with E-state index in [0.29, 0.717) is 12.8 Å². The van der Waals surface area contributed by atoms with Crippen LogP contribution < -0.4 is 4.90 Å². The molecule has 1 aliphatic rings. The van der Waals surface area contributed by atoms with E-state index in [2.05, 4.69) is 36.9 Å². The van der Waals surface area contributed by atoms with Crippen molar-refractivity contribution in [2.45, 2.75) is 12.8 Å². The first-order valence-corrected chi connectivity index (χ1v) is 11.2. The molecular formula is C25H27N7O. The summed E-state index contributed by atoms with van der Waals surface area (Å²) in [6, 6.07) is 7.98. The highest BCUT2D eigenvalue weighted by atomic mass is 16.1. The SMILES string of the molecule is CN1CCN(c2cc(CC(=O)Cc3cc4cc(-c5cnn(C)c5)ncc4cn3)ccn2)CC1. The van der Waals surface area contributed by atoms with Gasteiger partial charge in [0.15, 0.2) is 0 Å². The fourth-order valence-electron chi connectivity index (χ4n) is 4.16. The van der Waals surface area contributed by atoms with E-state index in [0.717, 1.165) is 65.3 Å². The van der Waals surface area contributed by atoms with E-state index in [1.54, 1.807) is 23.3 Å². The zero-order chi connectivity index (χ0) is 22.8. The molecular weight excluding hydrogens is 414 g/mol. The molecule has 0 saturated carbocycles. The lowest BCUT2D eigenvalue weighted by Crippen LogP contribution is -2.44. The number of likely N-dealkylation sites (N-methyl/N-ethyl adjacent to an activating group) is 1. The van der Waals surface area contributed by atoms with Crippen LogP contribution in [-0.4, -0.2) is 68.6 Å². The van der Waals surface area contributed by atoms with Gasteiger partial charge < -0.3 is 9.80 Å². The number of carbonyl (C=O) groups excluding carboxylic acids is 1. The quantitative estimate of drug-likeness (QED) is 0.455. The second-order valence-electron chi connectivity index (χ2n) is 8.70. The summed E-state index contributed by atoms with van der Waals surface area (Å²) in [5, 5.41) is 6.18. The van der Waals surface area contributed by atoms with Gasteiger partial charge in [0, 0.05) is 87.5 Å². The average molecular weight is 442 g/mol. The molecule has 0 spiro atoms.